The number of ether oxygens (including phenoxy) is 1. The van der Waals surface area contributed by atoms with Crippen LogP contribution in [0.2, 0.25) is 0 Å². The molecule has 2 heterocycles. The quantitative estimate of drug-likeness (QED) is 0.535. The Morgan fingerprint density at radius 3 is 2.78 bits per heavy atom. The minimum absolute atomic E-state index is 0.165. The smallest absolute Gasteiger partial charge is 0.255 e. The van der Waals surface area contributed by atoms with Crippen LogP contribution >= 0.6 is 23.1 Å². The van der Waals surface area contributed by atoms with Gasteiger partial charge in [-0.1, -0.05) is 42.1 Å². The molecule has 0 radical (unpaired) electrons. The standard InChI is InChI=1S/C23H20N4O3S2/c1-15-21(32-14-30-13-24-15)19-12-31-23(26-19)27-20(28)11-16-6-5-9-18(10-16)25-22(29)17-7-3-2-4-8-17/h2-10,12-13H,11,14H2,1H3,(H,25,29)(H,26,27,28). The summed E-state index contributed by atoms with van der Waals surface area (Å²) in [6.45, 7) is 1.90. The molecule has 0 fully saturated rings. The molecule has 2 aromatic carbocycles. The fourth-order valence-corrected chi connectivity index (χ4v) is 4.55. The summed E-state index contributed by atoms with van der Waals surface area (Å²) in [6.07, 6.45) is 1.60. The van der Waals surface area contributed by atoms with Gasteiger partial charge in [-0.05, 0) is 36.8 Å². The van der Waals surface area contributed by atoms with Gasteiger partial charge in [-0.2, -0.15) is 0 Å². The number of benzene rings is 2. The molecule has 0 aliphatic carbocycles. The van der Waals surface area contributed by atoms with Gasteiger partial charge in [0.15, 0.2) is 11.5 Å². The zero-order chi connectivity index (χ0) is 22.3. The first-order chi connectivity index (χ1) is 15.6. The molecule has 2 amide bonds. The van der Waals surface area contributed by atoms with Gasteiger partial charge >= 0.3 is 0 Å². The van der Waals surface area contributed by atoms with Gasteiger partial charge in [0.25, 0.3) is 5.91 Å². The van der Waals surface area contributed by atoms with E-state index >= 15 is 0 Å². The summed E-state index contributed by atoms with van der Waals surface area (Å²) in [5, 5.41) is 8.12. The lowest BCUT2D eigenvalue weighted by atomic mass is 10.1. The van der Waals surface area contributed by atoms with Crippen molar-refractivity contribution in [1.82, 2.24) is 4.98 Å². The third-order valence-corrected chi connectivity index (χ3v) is 6.29. The lowest BCUT2D eigenvalue weighted by molar-refractivity contribution is -0.115. The summed E-state index contributed by atoms with van der Waals surface area (Å²) in [7, 11) is 0. The third kappa shape index (κ3) is 5.63. The van der Waals surface area contributed by atoms with E-state index in [9.17, 15) is 9.59 Å². The van der Waals surface area contributed by atoms with Gasteiger partial charge in [-0.25, -0.2) is 9.98 Å². The summed E-state index contributed by atoms with van der Waals surface area (Å²) in [6, 6.07) is 16.2. The number of aromatic nitrogens is 1. The SMILES string of the molecule is CC1=C(c2csc(NC(=O)Cc3cccc(NC(=O)c4ccccc4)c3)n2)SCOC=N1. The molecule has 0 saturated carbocycles. The largest absolute Gasteiger partial charge is 0.472 e. The Hall–Kier alpha value is -3.43. The molecule has 2 N–H and O–H groups in total. The Morgan fingerprint density at radius 2 is 1.94 bits per heavy atom. The molecular weight excluding hydrogens is 444 g/mol. The summed E-state index contributed by atoms with van der Waals surface area (Å²) in [4.78, 5) is 34.6. The van der Waals surface area contributed by atoms with E-state index in [1.54, 1.807) is 24.3 Å². The van der Waals surface area contributed by atoms with Gasteiger partial charge in [0.1, 0.15) is 5.94 Å². The molecule has 7 nitrogen and oxygen atoms in total. The fraction of sp³-hybridized carbons (Fsp3) is 0.130. The monoisotopic (exact) mass is 464 g/mol. The van der Waals surface area contributed by atoms with Crippen LogP contribution in [-0.4, -0.2) is 29.1 Å². The molecule has 0 unspecified atom stereocenters. The predicted molar refractivity (Wildman–Crippen MR) is 130 cm³/mol. The van der Waals surface area contributed by atoms with Gasteiger partial charge < -0.3 is 15.4 Å². The van der Waals surface area contributed by atoms with Crippen molar-refractivity contribution in [2.45, 2.75) is 13.3 Å². The minimum atomic E-state index is -0.196. The maximum Gasteiger partial charge on any atom is 0.255 e. The van der Waals surface area contributed by atoms with Crippen molar-refractivity contribution in [2.24, 2.45) is 4.99 Å². The molecule has 1 aliphatic heterocycles. The highest BCUT2D eigenvalue weighted by molar-refractivity contribution is 8.08. The zero-order valence-corrected chi connectivity index (χ0v) is 18.8. The van der Waals surface area contributed by atoms with Crippen LogP contribution in [0.25, 0.3) is 4.91 Å². The number of thiazole rings is 1. The molecular formula is C23H20N4O3S2. The van der Waals surface area contributed by atoms with E-state index in [0.29, 0.717) is 22.3 Å². The van der Waals surface area contributed by atoms with Crippen molar-refractivity contribution in [3.8, 4) is 0 Å². The number of nitrogens with one attached hydrogen (secondary N) is 2. The lowest BCUT2D eigenvalue weighted by Gasteiger charge is -2.08. The zero-order valence-electron chi connectivity index (χ0n) is 17.2. The first kappa shape index (κ1) is 21.8. The van der Waals surface area contributed by atoms with Gasteiger partial charge in [-0.3, -0.25) is 9.59 Å². The highest BCUT2D eigenvalue weighted by atomic mass is 32.2. The van der Waals surface area contributed by atoms with Crippen LogP contribution in [0.15, 0.2) is 70.7 Å². The van der Waals surface area contributed by atoms with Crippen LogP contribution in [0.5, 0.6) is 0 Å². The number of anilines is 2. The molecule has 4 rings (SSSR count). The Labute approximate surface area is 193 Å². The second-order valence-electron chi connectivity index (χ2n) is 6.86. The number of carbonyl (C=O) groups is 2. The molecule has 0 atom stereocenters. The average Bonchev–Trinajstić information content (AvgIpc) is 3.13. The lowest BCUT2D eigenvalue weighted by Crippen LogP contribution is -2.15. The summed E-state index contributed by atoms with van der Waals surface area (Å²) >= 11 is 2.87. The molecule has 162 valence electrons. The van der Waals surface area contributed by atoms with Crippen LogP contribution < -0.4 is 10.6 Å². The van der Waals surface area contributed by atoms with E-state index in [1.807, 2.05) is 42.6 Å². The summed E-state index contributed by atoms with van der Waals surface area (Å²) < 4.78 is 5.22. The maximum absolute atomic E-state index is 12.5. The van der Waals surface area contributed by atoms with Crippen molar-refractivity contribution in [3.05, 3.63) is 82.5 Å². The number of hydrogen-bond donors (Lipinski definition) is 2. The van der Waals surface area contributed by atoms with Crippen LogP contribution in [0, 0.1) is 0 Å². The topological polar surface area (TPSA) is 92.7 Å². The summed E-state index contributed by atoms with van der Waals surface area (Å²) in [5.41, 5.74) is 3.58. The Balaban J connectivity index is 1.38. The molecule has 0 spiro atoms. The van der Waals surface area contributed by atoms with Gasteiger partial charge in [-0.15, -0.1) is 11.3 Å². The minimum Gasteiger partial charge on any atom is -0.472 e. The maximum atomic E-state index is 12.5. The summed E-state index contributed by atoms with van der Waals surface area (Å²) in [5.74, 6) is 0.0863. The number of thioether (sulfide) groups is 1. The molecule has 0 saturated heterocycles. The van der Waals surface area contributed by atoms with E-state index in [-0.39, 0.29) is 18.2 Å². The molecule has 0 bridgehead atoms. The predicted octanol–water partition coefficient (Wildman–Crippen LogP) is 5.01. The van der Waals surface area contributed by atoms with E-state index in [1.165, 1.54) is 29.5 Å². The Bertz CT molecular complexity index is 1190. The second-order valence-corrected chi connectivity index (χ2v) is 8.65. The van der Waals surface area contributed by atoms with E-state index in [4.69, 9.17) is 4.74 Å². The van der Waals surface area contributed by atoms with Gasteiger partial charge in [0, 0.05) is 16.6 Å². The number of amides is 2. The number of hydrogen-bond acceptors (Lipinski definition) is 7. The number of rotatable bonds is 6. The first-order valence-corrected chi connectivity index (χ1v) is 11.6. The average molecular weight is 465 g/mol. The van der Waals surface area contributed by atoms with Crippen molar-refractivity contribution in [3.63, 3.8) is 0 Å². The number of nitrogens with zero attached hydrogens (tertiary/aromatic N) is 2. The van der Waals surface area contributed by atoms with Crippen molar-refractivity contribution in [2.75, 3.05) is 16.6 Å². The van der Waals surface area contributed by atoms with Crippen LogP contribution in [0.3, 0.4) is 0 Å². The van der Waals surface area contributed by atoms with E-state index < -0.39 is 0 Å². The van der Waals surface area contributed by atoms with E-state index in [2.05, 4.69) is 20.6 Å². The Morgan fingerprint density at radius 1 is 1.09 bits per heavy atom. The highest BCUT2D eigenvalue weighted by Crippen LogP contribution is 2.34. The second kappa shape index (κ2) is 10.3. The van der Waals surface area contributed by atoms with Crippen molar-refractivity contribution < 1.29 is 14.3 Å². The van der Waals surface area contributed by atoms with Crippen LogP contribution in [-0.2, 0) is 16.0 Å². The molecule has 32 heavy (non-hydrogen) atoms. The first-order valence-electron chi connectivity index (χ1n) is 9.77. The molecule has 1 aliphatic rings. The van der Waals surface area contributed by atoms with Crippen molar-refractivity contribution in [1.29, 1.82) is 0 Å². The highest BCUT2D eigenvalue weighted by Gasteiger charge is 2.15. The van der Waals surface area contributed by atoms with Gasteiger partial charge in [0.2, 0.25) is 5.91 Å². The Kier molecular flexibility index (Phi) is 6.98. The normalized spacial score (nSPS) is 13.3. The van der Waals surface area contributed by atoms with E-state index in [0.717, 1.165) is 21.9 Å². The van der Waals surface area contributed by atoms with Gasteiger partial charge in [0.05, 0.1) is 22.7 Å². The third-order valence-electron chi connectivity index (χ3n) is 4.49. The molecule has 1 aromatic heterocycles. The number of aliphatic imine (C=N–C) groups is 1. The molecule has 9 heteroatoms. The number of carbonyl (C=O) groups excluding carboxylic acids is 2. The number of allylic oxidation sites excluding steroid dienone is 1. The van der Waals surface area contributed by atoms with Crippen LogP contribution in [0.1, 0.15) is 28.5 Å². The fourth-order valence-electron chi connectivity index (χ4n) is 3.00. The van der Waals surface area contributed by atoms with Crippen molar-refractivity contribution >= 4 is 57.0 Å². The molecule has 3 aromatic rings. The van der Waals surface area contributed by atoms with Crippen LogP contribution in [0.4, 0.5) is 10.8 Å².